The van der Waals surface area contributed by atoms with E-state index >= 15 is 0 Å². The van der Waals surface area contributed by atoms with Crippen molar-refractivity contribution >= 4 is 17.2 Å². The van der Waals surface area contributed by atoms with E-state index in [1.54, 1.807) is 11.3 Å². The van der Waals surface area contributed by atoms with Gasteiger partial charge in [0.1, 0.15) is 0 Å². The molecule has 1 atom stereocenters. The standard InChI is InChI=1S/C10H14N2OS/c1-11-9-2-4-12(10(9)13)6-8-3-5-14-7-8/h3,5,7,9,11H,2,4,6H2,1H3. The minimum atomic E-state index is 0.0358. The number of nitrogens with zero attached hydrogens (tertiary/aromatic N) is 1. The number of rotatable bonds is 3. The van der Waals surface area contributed by atoms with E-state index in [1.165, 1.54) is 5.56 Å². The molecule has 3 nitrogen and oxygen atoms in total. The average Bonchev–Trinajstić information content (AvgIpc) is 2.79. The smallest absolute Gasteiger partial charge is 0.240 e. The van der Waals surface area contributed by atoms with Crippen LogP contribution in [0.5, 0.6) is 0 Å². The zero-order valence-corrected chi connectivity index (χ0v) is 9.01. The second kappa shape index (κ2) is 4.11. The summed E-state index contributed by atoms with van der Waals surface area (Å²) in [5.41, 5.74) is 1.24. The maximum absolute atomic E-state index is 11.7. The number of hydrogen-bond donors (Lipinski definition) is 1. The van der Waals surface area contributed by atoms with Gasteiger partial charge in [-0.3, -0.25) is 4.79 Å². The van der Waals surface area contributed by atoms with Crippen molar-refractivity contribution in [1.29, 1.82) is 0 Å². The van der Waals surface area contributed by atoms with E-state index < -0.39 is 0 Å². The second-order valence-corrected chi connectivity index (χ2v) is 4.30. The number of carbonyl (C=O) groups excluding carboxylic acids is 1. The first kappa shape index (κ1) is 9.68. The number of amides is 1. The third kappa shape index (κ3) is 1.81. The highest BCUT2D eigenvalue weighted by molar-refractivity contribution is 7.07. The lowest BCUT2D eigenvalue weighted by Gasteiger charge is -2.15. The molecule has 76 valence electrons. The molecule has 1 aliphatic heterocycles. The van der Waals surface area contributed by atoms with Gasteiger partial charge in [0.15, 0.2) is 0 Å². The van der Waals surface area contributed by atoms with Gasteiger partial charge in [-0.2, -0.15) is 11.3 Å². The summed E-state index contributed by atoms with van der Waals surface area (Å²) in [7, 11) is 1.84. The monoisotopic (exact) mass is 210 g/mol. The van der Waals surface area contributed by atoms with Crippen molar-refractivity contribution < 1.29 is 4.79 Å². The highest BCUT2D eigenvalue weighted by Gasteiger charge is 2.29. The molecule has 1 aromatic heterocycles. The first-order valence-electron chi connectivity index (χ1n) is 4.78. The van der Waals surface area contributed by atoms with Gasteiger partial charge in [0, 0.05) is 13.1 Å². The Bertz CT molecular complexity index is 310. The molecule has 0 aliphatic carbocycles. The van der Waals surface area contributed by atoms with Crippen molar-refractivity contribution in [3.63, 3.8) is 0 Å². The lowest BCUT2D eigenvalue weighted by molar-refractivity contribution is -0.129. The molecule has 0 spiro atoms. The largest absolute Gasteiger partial charge is 0.337 e. The number of nitrogens with one attached hydrogen (secondary N) is 1. The van der Waals surface area contributed by atoms with E-state index in [-0.39, 0.29) is 11.9 Å². The number of likely N-dealkylation sites (N-methyl/N-ethyl adjacent to an activating group) is 1. The first-order chi connectivity index (χ1) is 6.81. The number of thiophene rings is 1. The maximum Gasteiger partial charge on any atom is 0.240 e. The average molecular weight is 210 g/mol. The molecule has 0 aromatic carbocycles. The molecule has 1 saturated heterocycles. The highest BCUT2D eigenvalue weighted by Crippen LogP contribution is 2.16. The summed E-state index contributed by atoms with van der Waals surface area (Å²) in [6.45, 7) is 1.64. The summed E-state index contributed by atoms with van der Waals surface area (Å²) in [5, 5.41) is 7.18. The van der Waals surface area contributed by atoms with Crippen LogP contribution in [0.25, 0.3) is 0 Å². The summed E-state index contributed by atoms with van der Waals surface area (Å²) in [6, 6.07) is 2.11. The molecule has 2 heterocycles. The fourth-order valence-electron chi connectivity index (χ4n) is 1.77. The molecule has 1 amide bonds. The number of likely N-dealkylation sites (tertiary alicyclic amines) is 1. The summed E-state index contributed by atoms with van der Waals surface area (Å²) in [4.78, 5) is 13.6. The van der Waals surface area contributed by atoms with Gasteiger partial charge >= 0.3 is 0 Å². The van der Waals surface area contributed by atoms with Crippen molar-refractivity contribution in [3.8, 4) is 0 Å². The lowest BCUT2D eigenvalue weighted by Crippen LogP contribution is -2.35. The third-order valence-electron chi connectivity index (χ3n) is 2.60. The topological polar surface area (TPSA) is 32.3 Å². The Balaban J connectivity index is 1.97. The molecule has 0 saturated carbocycles. The van der Waals surface area contributed by atoms with Crippen LogP contribution in [0, 0.1) is 0 Å². The van der Waals surface area contributed by atoms with E-state index in [9.17, 15) is 4.79 Å². The van der Waals surface area contributed by atoms with Gasteiger partial charge in [-0.15, -0.1) is 0 Å². The van der Waals surface area contributed by atoms with Gasteiger partial charge in [0.05, 0.1) is 6.04 Å². The van der Waals surface area contributed by atoms with Crippen LogP contribution in [0.15, 0.2) is 16.8 Å². The molecule has 1 unspecified atom stereocenters. The molecular formula is C10H14N2OS. The maximum atomic E-state index is 11.7. The molecule has 0 radical (unpaired) electrons. The molecule has 2 rings (SSSR count). The Morgan fingerprint density at radius 1 is 1.71 bits per heavy atom. The van der Waals surface area contributed by atoms with Crippen LogP contribution < -0.4 is 5.32 Å². The molecule has 1 fully saturated rings. The van der Waals surface area contributed by atoms with Gasteiger partial charge < -0.3 is 10.2 Å². The fourth-order valence-corrected chi connectivity index (χ4v) is 2.43. The zero-order chi connectivity index (χ0) is 9.97. The SMILES string of the molecule is CNC1CCN(Cc2ccsc2)C1=O. The van der Waals surface area contributed by atoms with Crippen LogP contribution in [0.2, 0.25) is 0 Å². The molecule has 4 heteroatoms. The Hall–Kier alpha value is -0.870. The van der Waals surface area contributed by atoms with Crippen LogP contribution in [0.3, 0.4) is 0 Å². The fraction of sp³-hybridized carbons (Fsp3) is 0.500. The van der Waals surface area contributed by atoms with Crippen molar-refractivity contribution in [1.82, 2.24) is 10.2 Å². The third-order valence-corrected chi connectivity index (χ3v) is 3.33. The van der Waals surface area contributed by atoms with Crippen LogP contribution in [0.1, 0.15) is 12.0 Å². The molecule has 0 bridgehead atoms. The Morgan fingerprint density at radius 2 is 2.57 bits per heavy atom. The van der Waals surface area contributed by atoms with E-state index in [1.807, 2.05) is 17.3 Å². The molecule has 1 aromatic rings. The van der Waals surface area contributed by atoms with Gasteiger partial charge in [-0.25, -0.2) is 0 Å². The van der Waals surface area contributed by atoms with E-state index in [0.29, 0.717) is 0 Å². The second-order valence-electron chi connectivity index (χ2n) is 3.52. The molecular weight excluding hydrogens is 196 g/mol. The van der Waals surface area contributed by atoms with Crippen LogP contribution in [-0.2, 0) is 11.3 Å². The first-order valence-corrected chi connectivity index (χ1v) is 5.72. The minimum absolute atomic E-state index is 0.0358. The van der Waals surface area contributed by atoms with E-state index in [4.69, 9.17) is 0 Å². The summed E-state index contributed by atoms with van der Waals surface area (Å²) in [5.74, 6) is 0.235. The van der Waals surface area contributed by atoms with Crippen molar-refractivity contribution in [2.75, 3.05) is 13.6 Å². The van der Waals surface area contributed by atoms with Crippen molar-refractivity contribution in [3.05, 3.63) is 22.4 Å². The zero-order valence-electron chi connectivity index (χ0n) is 8.19. The summed E-state index contributed by atoms with van der Waals surface area (Å²) in [6.07, 6.45) is 0.930. The Labute approximate surface area is 87.7 Å². The van der Waals surface area contributed by atoms with E-state index in [0.717, 1.165) is 19.5 Å². The van der Waals surface area contributed by atoms with Crippen LogP contribution >= 0.6 is 11.3 Å². The quantitative estimate of drug-likeness (QED) is 0.809. The molecule has 14 heavy (non-hydrogen) atoms. The summed E-state index contributed by atoms with van der Waals surface area (Å²) >= 11 is 1.68. The van der Waals surface area contributed by atoms with Crippen molar-refractivity contribution in [2.45, 2.75) is 19.0 Å². The normalized spacial score (nSPS) is 21.9. The molecule has 1 aliphatic rings. The minimum Gasteiger partial charge on any atom is -0.337 e. The van der Waals surface area contributed by atoms with Crippen LogP contribution in [0.4, 0.5) is 0 Å². The highest BCUT2D eigenvalue weighted by atomic mass is 32.1. The van der Waals surface area contributed by atoms with Gasteiger partial charge in [0.25, 0.3) is 0 Å². The number of hydrogen-bond acceptors (Lipinski definition) is 3. The molecule has 1 N–H and O–H groups in total. The predicted molar refractivity (Wildman–Crippen MR) is 57.2 cm³/mol. The lowest BCUT2D eigenvalue weighted by atomic mass is 10.2. The summed E-state index contributed by atoms with van der Waals surface area (Å²) < 4.78 is 0. The van der Waals surface area contributed by atoms with Gasteiger partial charge in [-0.05, 0) is 35.9 Å². The predicted octanol–water partition coefficient (Wildman–Crippen LogP) is 1.07. The Morgan fingerprint density at radius 3 is 3.14 bits per heavy atom. The van der Waals surface area contributed by atoms with Crippen molar-refractivity contribution in [2.24, 2.45) is 0 Å². The Kier molecular flexibility index (Phi) is 2.84. The van der Waals surface area contributed by atoms with Crippen LogP contribution in [-0.4, -0.2) is 30.4 Å². The van der Waals surface area contributed by atoms with Gasteiger partial charge in [0.2, 0.25) is 5.91 Å². The number of carbonyl (C=O) groups is 1. The van der Waals surface area contributed by atoms with Gasteiger partial charge in [-0.1, -0.05) is 0 Å². The van der Waals surface area contributed by atoms with E-state index in [2.05, 4.69) is 16.8 Å².